The van der Waals surface area contributed by atoms with Crippen LogP contribution in [0.5, 0.6) is 11.5 Å². The summed E-state index contributed by atoms with van der Waals surface area (Å²) in [4.78, 5) is 19.0. The van der Waals surface area contributed by atoms with Crippen molar-refractivity contribution >= 4 is 11.6 Å². The van der Waals surface area contributed by atoms with E-state index in [1.807, 2.05) is 24.3 Å². The van der Waals surface area contributed by atoms with Crippen LogP contribution < -0.4 is 14.4 Å². The van der Waals surface area contributed by atoms with Crippen molar-refractivity contribution in [2.75, 3.05) is 25.7 Å². The minimum absolute atomic E-state index is 0.00501. The molecular weight excluding hydrogens is 394 g/mol. The van der Waals surface area contributed by atoms with Gasteiger partial charge >= 0.3 is 0 Å². The normalized spacial score (nSPS) is 16.6. The lowest BCUT2D eigenvalue weighted by molar-refractivity contribution is -0.117. The summed E-state index contributed by atoms with van der Waals surface area (Å²) in [5.41, 5.74) is 2.94. The van der Waals surface area contributed by atoms with Gasteiger partial charge in [-0.05, 0) is 11.0 Å². The number of nitrogens with zero attached hydrogens (tertiary/aromatic N) is 3. The highest BCUT2D eigenvalue weighted by atomic mass is 16.5. The molecule has 1 aliphatic heterocycles. The van der Waals surface area contributed by atoms with Crippen LogP contribution in [0, 0.1) is 0 Å². The van der Waals surface area contributed by atoms with Gasteiger partial charge in [0.1, 0.15) is 11.5 Å². The summed E-state index contributed by atoms with van der Waals surface area (Å²) in [6, 6.07) is 13.6. The van der Waals surface area contributed by atoms with Crippen LogP contribution in [0.25, 0.3) is 11.4 Å². The summed E-state index contributed by atoms with van der Waals surface area (Å²) >= 11 is 0. The van der Waals surface area contributed by atoms with Crippen molar-refractivity contribution < 1.29 is 18.8 Å². The van der Waals surface area contributed by atoms with Crippen LogP contribution in [0.2, 0.25) is 0 Å². The first-order valence-corrected chi connectivity index (χ1v) is 10.3. The topological polar surface area (TPSA) is 77.7 Å². The van der Waals surface area contributed by atoms with Crippen LogP contribution in [0.3, 0.4) is 0 Å². The molecule has 0 bridgehead atoms. The predicted octanol–water partition coefficient (Wildman–Crippen LogP) is 4.57. The van der Waals surface area contributed by atoms with Crippen molar-refractivity contribution in [1.82, 2.24) is 10.1 Å². The molecule has 1 saturated heterocycles. The number of anilines is 1. The fraction of sp³-hybridized carbons (Fsp3) is 0.375. The van der Waals surface area contributed by atoms with E-state index in [1.54, 1.807) is 25.2 Å². The van der Waals surface area contributed by atoms with Crippen molar-refractivity contribution in [3.63, 3.8) is 0 Å². The average Bonchev–Trinajstić information content (AvgIpc) is 3.40. The number of hydrogen-bond acceptors (Lipinski definition) is 6. The number of hydrogen-bond donors (Lipinski definition) is 0. The molecule has 31 heavy (non-hydrogen) atoms. The molecular formula is C24H27N3O4. The van der Waals surface area contributed by atoms with Gasteiger partial charge in [-0.25, -0.2) is 0 Å². The first kappa shape index (κ1) is 20.9. The molecule has 0 saturated carbocycles. The van der Waals surface area contributed by atoms with Gasteiger partial charge in [0.25, 0.3) is 0 Å². The van der Waals surface area contributed by atoms with Crippen LogP contribution in [0.15, 0.2) is 47.0 Å². The van der Waals surface area contributed by atoms with E-state index in [-0.39, 0.29) is 17.2 Å². The first-order chi connectivity index (χ1) is 14.8. The van der Waals surface area contributed by atoms with Crippen molar-refractivity contribution in [1.29, 1.82) is 0 Å². The van der Waals surface area contributed by atoms with Gasteiger partial charge in [0, 0.05) is 36.7 Å². The summed E-state index contributed by atoms with van der Waals surface area (Å²) in [6.45, 7) is 6.99. The maximum atomic E-state index is 12.7. The molecule has 1 aliphatic rings. The van der Waals surface area contributed by atoms with Gasteiger partial charge in [0.15, 0.2) is 0 Å². The number of carbonyl (C=O) groups is 1. The van der Waals surface area contributed by atoms with Crippen molar-refractivity contribution in [2.45, 2.75) is 38.5 Å². The molecule has 2 aromatic carbocycles. The van der Waals surface area contributed by atoms with Gasteiger partial charge in [-0.15, -0.1) is 0 Å². The quantitative estimate of drug-likeness (QED) is 0.600. The lowest BCUT2D eigenvalue weighted by atomic mass is 9.87. The Morgan fingerprint density at radius 3 is 2.26 bits per heavy atom. The third-order valence-corrected chi connectivity index (χ3v) is 5.57. The highest BCUT2D eigenvalue weighted by Crippen LogP contribution is 2.35. The summed E-state index contributed by atoms with van der Waals surface area (Å²) in [7, 11) is 3.17. The number of rotatable bonds is 5. The van der Waals surface area contributed by atoms with Crippen molar-refractivity contribution in [3.05, 3.63) is 53.9 Å². The Morgan fingerprint density at radius 1 is 1.03 bits per heavy atom. The van der Waals surface area contributed by atoms with Gasteiger partial charge in [0.05, 0.1) is 25.8 Å². The highest BCUT2D eigenvalue weighted by molar-refractivity contribution is 5.96. The largest absolute Gasteiger partial charge is 0.497 e. The maximum absolute atomic E-state index is 12.7. The summed E-state index contributed by atoms with van der Waals surface area (Å²) < 4.78 is 16.2. The Bertz CT molecular complexity index is 1060. The number of carbonyl (C=O) groups excluding carboxylic acids is 1. The summed E-state index contributed by atoms with van der Waals surface area (Å²) in [5, 5.41) is 4.14. The average molecular weight is 421 g/mol. The van der Waals surface area contributed by atoms with Crippen LogP contribution in [-0.4, -0.2) is 36.8 Å². The Balaban J connectivity index is 1.54. The van der Waals surface area contributed by atoms with E-state index in [9.17, 15) is 4.79 Å². The van der Waals surface area contributed by atoms with Gasteiger partial charge < -0.3 is 18.9 Å². The number of methoxy groups -OCH3 is 2. The van der Waals surface area contributed by atoms with E-state index in [2.05, 4.69) is 43.0 Å². The molecule has 2 heterocycles. The zero-order valence-electron chi connectivity index (χ0n) is 18.5. The second-order valence-electron chi connectivity index (χ2n) is 8.76. The monoisotopic (exact) mass is 421 g/mol. The van der Waals surface area contributed by atoms with E-state index in [4.69, 9.17) is 14.0 Å². The van der Waals surface area contributed by atoms with Crippen LogP contribution in [0.4, 0.5) is 5.69 Å². The van der Waals surface area contributed by atoms with E-state index in [0.717, 1.165) is 11.3 Å². The van der Waals surface area contributed by atoms with Gasteiger partial charge in [-0.3, -0.25) is 4.79 Å². The van der Waals surface area contributed by atoms with Crippen molar-refractivity contribution in [2.24, 2.45) is 0 Å². The van der Waals surface area contributed by atoms with Crippen molar-refractivity contribution in [3.8, 4) is 22.9 Å². The number of ether oxygens (including phenoxy) is 2. The second kappa shape index (κ2) is 8.06. The minimum atomic E-state index is -0.167. The lowest BCUT2D eigenvalue weighted by Crippen LogP contribution is -2.24. The maximum Gasteiger partial charge on any atom is 0.232 e. The van der Waals surface area contributed by atoms with Gasteiger partial charge in [-0.2, -0.15) is 4.98 Å². The fourth-order valence-electron chi connectivity index (χ4n) is 3.71. The molecule has 1 aromatic heterocycles. The number of benzene rings is 2. The Morgan fingerprint density at radius 2 is 1.68 bits per heavy atom. The highest BCUT2D eigenvalue weighted by Gasteiger charge is 2.35. The third-order valence-electron chi connectivity index (χ3n) is 5.57. The van der Waals surface area contributed by atoms with Crippen LogP contribution in [0.1, 0.15) is 44.6 Å². The molecule has 1 amide bonds. The van der Waals surface area contributed by atoms with E-state index in [1.165, 1.54) is 5.56 Å². The van der Waals surface area contributed by atoms with E-state index in [0.29, 0.717) is 36.2 Å². The molecule has 0 spiro atoms. The molecule has 0 N–H and O–H groups in total. The molecule has 7 nitrogen and oxygen atoms in total. The van der Waals surface area contributed by atoms with E-state index >= 15 is 0 Å². The molecule has 0 radical (unpaired) electrons. The summed E-state index contributed by atoms with van der Waals surface area (Å²) in [6.07, 6.45) is 0.310. The molecule has 1 unspecified atom stereocenters. The fourth-order valence-corrected chi connectivity index (χ4v) is 3.71. The number of aromatic nitrogens is 2. The zero-order chi connectivity index (χ0) is 22.2. The molecule has 3 aromatic rings. The third kappa shape index (κ3) is 4.26. The molecule has 0 aliphatic carbocycles. The Labute approximate surface area is 182 Å². The molecule has 1 fully saturated rings. The molecule has 162 valence electrons. The standard InChI is InChI=1S/C24H27N3O4/c1-24(2,3)17-8-6-15(7-9-17)22-25-23(31-26-22)16-10-21(28)27(14-16)18-11-19(29-4)13-20(12-18)30-5/h6-9,11-13,16H,10,14H2,1-5H3. The SMILES string of the molecule is COc1cc(OC)cc(N2CC(c3nc(-c4ccc(C(C)(C)C)cc4)no3)CC2=O)c1. The number of amides is 1. The predicted molar refractivity (Wildman–Crippen MR) is 118 cm³/mol. The molecule has 4 rings (SSSR count). The molecule has 7 heteroatoms. The Kier molecular flexibility index (Phi) is 5.43. The second-order valence-corrected chi connectivity index (χ2v) is 8.76. The van der Waals surface area contributed by atoms with E-state index < -0.39 is 0 Å². The van der Waals surface area contributed by atoms with Crippen LogP contribution >= 0.6 is 0 Å². The lowest BCUT2D eigenvalue weighted by Gasteiger charge is -2.18. The van der Waals surface area contributed by atoms with Crippen LogP contribution in [-0.2, 0) is 10.2 Å². The zero-order valence-corrected chi connectivity index (χ0v) is 18.5. The minimum Gasteiger partial charge on any atom is -0.497 e. The Hall–Kier alpha value is -3.35. The molecule has 1 atom stereocenters. The van der Waals surface area contributed by atoms with Gasteiger partial charge in [0.2, 0.25) is 17.6 Å². The van der Waals surface area contributed by atoms with Gasteiger partial charge in [-0.1, -0.05) is 50.2 Å². The summed E-state index contributed by atoms with van der Waals surface area (Å²) in [5.74, 6) is 2.09. The smallest absolute Gasteiger partial charge is 0.232 e. The first-order valence-electron chi connectivity index (χ1n) is 10.3.